The SMILES string of the molecule is N#C[C@@H]1CS[C@H]2CC[C@@H](NC(=O)OCc3ccccc3)C(=O)N12. The summed E-state index contributed by atoms with van der Waals surface area (Å²) in [6.07, 6.45) is 0.745. The lowest BCUT2D eigenvalue weighted by molar-refractivity contribution is -0.137. The third-order valence-electron chi connectivity index (χ3n) is 4.00. The molecule has 0 spiro atoms. The van der Waals surface area contributed by atoms with Gasteiger partial charge in [-0.2, -0.15) is 5.26 Å². The molecule has 2 aliphatic heterocycles. The lowest BCUT2D eigenvalue weighted by Crippen LogP contribution is -2.55. The number of fused-ring (bicyclic) bond motifs is 1. The van der Waals surface area contributed by atoms with Gasteiger partial charge < -0.3 is 15.0 Å². The number of ether oxygens (including phenoxy) is 1. The molecular weight excluding hydrogens is 314 g/mol. The van der Waals surface area contributed by atoms with Crippen LogP contribution in [-0.4, -0.2) is 40.1 Å². The molecule has 23 heavy (non-hydrogen) atoms. The van der Waals surface area contributed by atoms with Crippen molar-refractivity contribution < 1.29 is 14.3 Å². The van der Waals surface area contributed by atoms with Crippen LogP contribution in [0.15, 0.2) is 30.3 Å². The Morgan fingerprint density at radius 1 is 1.39 bits per heavy atom. The van der Waals surface area contributed by atoms with Gasteiger partial charge in [0.15, 0.2) is 0 Å². The second-order valence-electron chi connectivity index (χ2n) is 5.51. The van der Waals surface area contributed by atoms with E-state index in [1.165, 1.54) is 0 Å². The van der Waals surface area contributed by atoms with Crippen molar-refractivity contribution in [3.8, 4) is 6.07 Å². The maximum Gasteiger partial charge on any atom is 0.408 e. The number of hydrogen-bond acceptors (Lipinski definition) is 5. The van der Waals surface area contributed by atoms with Crippen molar-refractivity contribution in [2.45, 2.75) is 36.9 Å². The first-order valence-corrected chi connectivity index (χ1v) is 8.54. The van der Waals surface area contributed by atoms with Crippen LogP contribution in [0.2, 0.25) is 0 Å². The molecule has 7 heteroatoms. The quantitative estimate of drug-likeness (QED) is 0.914. The van der Waals surface area contributed by atoms with E-state index in [9.17, 15) is 9.59 Å². The Hall–Kier alpha value is -2.20. The van der Waals surface area contributed by atoms with Crippen LogP contribution < -0.4 is 5.32 Å². The average Bonchev–Trinajstić information content (AvgIpc) is 3.00. The summed E-state index contributed by atoms with van der Waals surface area (Å²) in [6.45, 7) is 0.163. The van der Waals surface area contributed by atoms with Crippen molar-refractivity contribution in [3.63, 3.8) is 0 Å². The number of nitrogens with one attached hydrogen (secondary N) is 1. The summed E-state index contributed by atoms with van der Waals surface area (Å²) in [7, 11) is 0. The maximum atomic E-state index is 12.5. The fraction of sp³-hybridized carbons (Fsp3) is 0.438. The van der Waals surface area contributed by atoms with E-state index in [2.05, 4.69) is 11.4 Å². The minimum Gasteiger partial charge on any atom is -0.445 e. The standard InChI is InChI=1S/C16H17N3O3S/c17-8-12-10-23-14-7-6-13(15(20)19(12)14)18-16(21)22-9-11-4-2-1-3-5-11/h1-5,12-14H,6-7,9-10H2,(H,18,21)/t12-,13-,14+/m1/s1. The van der Waals surface area contributed by atoms with Gasteiger partial charge in [-0.1, -0.05) is 30.3 Å². The maximum absolute atomic E-state index is 12.5. The minimum atomic E-state index is -0.607. The van der Waals surface area contributed by atoms with Gasteiger partial charge in [0.25, 0.3) is 0 Å². The van der Waals surface area contributed by atoms with Crippen LogP contribution in [0.1, 0.15) is 18.4 Å². The van der Waals surface area contributed by atoms with Crippen molar-refractivity contribution in [1.29, 1.82) is 5.26 Å². The molecule has 0 aromatic heterocycles. The van der Waals surface area contributed by atoms with Gasteiger partial charge in [-0.25, -0.2) is 4.79 Å². The van der Waals surface area contributed by atoms with E-state index >= 15 is 0 Å². The van der Waals surface area contributed by atoms with Crippen molar-refractivity contribution >= 4 is 23.8 Å². The van der Waals surface area contributed by atoms with Crippen molar-refractivity contribution in [1.82, 2.24) is 10.2 Å². The molecule has 3 atom stereocenters. The Morgan fingerprint density at radius 2 is 2.17 bits per heavy atom. The summed E-state index contributed by atoms with van der Waals surface area (Å²) in [5.41, 5.74) is 0.887. The number of carbonyl (C=O) groups is 2. The molecule has 2 saturated heterocycles. The van der Waals surface area contributed by atoms with Gasteiger partial charge in [0.1, 0.15) is 18.7 Å². The molecular formula is C16H17N3O3S. The number of rotatable bonds is 3. The highest BCUT2D eigenvalue weighted by Gasteiger charge is 2.44. The first kappa shape index (κ1) is 15.7. The lowest BCUT2D eigenvalue weighted by atomic mass is 10.0. The highest BCUT2D eigenvalue weighted by molar-refractivity contribution is 8.00. The van der Waals surface area contributed by atoms with Crippen LogP contribution in [0.25, 0.3) is 0 Å². The number of piperidine rings is 1. The molecule has 0 unspecified atom stereocenters. The van der Waals surface area contributed by atoms with E-state index in [4.69, 9.17) is 10.00 Å². The normalized spacial score (nSPS) is 26.3. The second-order valence-corrected chi connectivity index (χ2v) is 6.73. The molecule has 0 aliphatic carbocycles. The number of amides is 2. The van der Waals surface area contributed by atoms with Gasteiger partial charge in [0, 0.05) is 5.75 Å². The molecule has 1 aromatic carbocycles. The third kappa shape index (κ3) is 3.42. The summed E-state index contributed by atoms with van der Waals surface area (Å²) in [6, 6.07) is 10.5. The Bertz CT molecular complexity index is 631. The van der Waals surface area contributed by atoms with E-state index in [0.29, 0.717) is 12.2 Å². The molecule has 0 bridgehead atoms. The molecule has 0 saturated carbocycles. The zero-order valence-electron chi connectivity index (χ0n) is 12.5. The highest BCUT2D eigenvalue weighted by Crippen LogP contribution is 2.36. The number of hydrogen-bond donors (Lipinski definition) is 1. The monoisotopic (exact) mass is 331 g/mol. The first-order valence-electron chi connectivity index (χ1n) is 7.49. The zero-order valence-corrected chi connectivity index (χ0v) is 13.3. The smallest absolute Gasteiger partial charge is 0.408 e. The zero-order chi connectivity index (χ0) is 16.2. The van der Waals surface area contributed by atoms with Gasteiger partial charge in [0.2, 0.25) is 5.91 Å². The van der Waals surface area contributed by atoms with E-state index in [1.807, 2.05) is 30.3 Å². The number of carbonyl (C=O) groups excluding carboxylic acids is 2. The molecule has 6 nitrogen and oxygen atoms in total. The molecule has 2 fully saturated rings. The predicted octanol–water partition coefficient (Wildman–Crippen LogP) is 1.87. The molecule has 0 radical (unpaired) electrons. The van der Waals surface area contributed by atoms with Crippen LogP contribution in [-0.2, 0) is 16.1 Å². The number of benzene rings is 1. The van der Waals surface area contributed by atoms with Crippen molar-refractivity contribution in [2.75, 3.05) is 5.75 Å². The van der Waals surface area contributed by atoms with Gasteiger partial charge >= 0.3 is 6.09 Å². The van der Waals surface area contributed by atoms with Gasteiger partial charge in [0.05, 0.1) is 11.4 Å². The molecule has 2 amide bonds. The number of nitriles is 1. The Labute approximate surface area is 138 Å². The van der Waals surface area contributed by atoms with E-state index in [0.717, 1.165) is 12.0 Å². The van der Waals surface area contributed by atoms with Crippen LogP contribution in [0.4, 0.5) is 4.79 Å². The molecule has 3 rings (SSSR count). The number of thioether (sulfide) groups is 1. The van der Waals surface area contributed by atoms with Gasteiger partial charge in [-0.05, 0) is 18.4 Å². The van der Waals surface area contributed by atoms with Crippen molar-refractivity contribution in [2.24, 2.45) is 0 Å². The highest BCUT2D eigenvalue weighted by atomic mass is 32.2. The fourth-order valence-corrected chi connectivity index (χ4v) is 4.19. The molecule has 2 aliphatic rings. The van der Waals surface area contributed by atoms with E-state index in [-0.39, 0.29) is 17.9 Å². The number of nitrogens with zero attached hydrogens (tertiary/aromatic N) is 2. The fourth-order valence-electron chi connectivity index (χ4n) is 2.83. The summed E-state index contributed by atoms with van der Waals surface area (Å²) in [5.74, 6) is 0.451. The Morgan fingerprint density at radius 3 is 2.91 bits per heavy atom. The molecule has 120 valence electrons. The topological polar surface area (TPSA) is 82.4 Å². The van der Waals surface area contributed by atoms with E-state index < -0.39 is 18.2 Å². The summed E-state index contributed by atoms with van der Waals surface area (Å²) in [4.78, 5) is 26.0. The van der Waals surface area contributed by atoms with Gasteiger partial charge in [-0.15, -0.1) is 11.8 Å². The second kappa shape index (κ2) is 6.92. The van der Waals surface area contributed by atoms with Crippen molar-refractivity contribution in [3.05, 3.63) is 35.9 Å². The largest absolute Gasteiger partial charge is 0.445 e. The summed E-state index contributed by atoms with van der Waals surface area (Å²) >= 11 is 1.63. The van der Waals surface area contributed by atoms with Gasteiger partial charge in [-0.3, -0.25) is 4.79 Å². The molecule has 1 N–H and O–H groups in total. The van der Waals surface area contributed by atoms with Crippen LogP contribution in [0.5, 0.6) is 0 Å². The van der Waals surface area contributed by atoms with Crippen LogP contribution >= 0.6 is 11.8 Å². The Balaban J connectivity index is 1.54. The third-order valence-corrected chi connectivity index (χ3v) is 5.36. The van der Waals surface area contributed by atoms with Crippen LogP contribution in [0, 0.1) is 11.3 Å². The predicted molar refractivity (Wildman–Crippen MR) is 85.3 cm³/mol. The average molecular weight is 331 g/mol. The summed E-state index contributed by atoms with van der Waals surface area (Å²) < 4.78 is 5.15. The summed E-state index contributed by atoms with van der Waals surface area (Å²) in [5, 5.41) is 11.8. The van der Waals surface area contributed by atoms with Crippen LogP contribution in [0.3, 0.4) is 0 Å². The number of alkyl carbamates (subject to hydrolysis) is 1. The molecule has 1 aromatic rings. The Kier molecular flexibility index (Phi) is 4.72. The minimum absolute atomic E-state index is 0.0607. The first-order chi connectivity index (χ1) is 11.2. The lowest BCUT2D eigenvalue weighted by Gasteiger charge is -2.35. The molecule has 2 heterocycles. The van der Waals surface area contributed by atoms with E-state index in [1.54, 1.807) is 16.7 Å².